The van der Waals surface area contributed by atoms with Gasteiger partial charge in [0, 0.05) is 53.8 Å². The Morgan fingerprint density at radius 2 is 1.19 bits per heavy atom. The van der Waals surface area contributed by atoms with E-state index >= 15 is 0 Å². The zero-order valence-corrected chi connectivity index (χ0v) is 44.5. The summed E-state index contributed by atoms with van der Waals surface area (Å²) >= 11 is 1.93. The van der Waals surface area contributed by atoms with Crippen LogP contribution in [0, 0.1) is 0 Å². The lowest BCUT2D eigenvalue weighted by Gasteiger charge is -2.44. The van der Waals surface area contributed by atoms with Gasteiger partial charge in [-0.25, -0.2) is 0 Å². The Balaban J connectivity index is 1.18. The van der Waals surface area contributed by atoms with Crippen LogP contribution in [0.25, 0.3) is 81.4 Å². The molecule has 0 atom stereocenters. The molecule has 2 aromatic heterocycles. The molecule has 0 unspecified atom stereocenters. The summed E-state index contributed by atoms with van der Waals surface area (Å²) in [4.78, 5) is 4.10. The van der Waals surface area contributed by atoms with E-state index in [9.17, 15) is 0 Å². The first kappa shape index (κ1) is 43.0. The van der Waals surface area contributed by atoms with Gasteiger partial charge in [-0.2, -0.15) is 0 Å². The zero-order chi connectivity index (χ0) is 49.3. The number of rotatable bonds is 2. The molecule has 2 nitrogen and oxygen atoms in total. The van der Waals surface area contributed by atoms with Gasteiger partial charge in [0.15, 0.2) is 0 Å². The van der Waals surface area contributed by atoms with Gasteiger partial charge in [0.05, 0.1) is 11.0 Å². The minimum Gasteiger partial charge on any atom is -0.376 e. The molecule has 0 bridgehead atoms. The number of thiophene rings is 1. The molecule has 5 aliphatic rings. The third-order valence-electron chi connectivity index (χ3n) is 18.7. The molecule has 0 spiro atoms. The van der Waals surface area contributed by atoms with Gasteiger partial charge in [0.1, 0.15) is 0 Å². The first-order valence-electron chi connectivity index (χ1n) is 26.5. The van der Waals surface area contributed by atoms with E-state index in [4.69, 9.17) is 0 Å². The summed E-state index contributed by atoms with van der Waals surface area (Å²) in [7, 11) is 0. The number of fused-ring (bicyclic) bond motifs is 18. The summed E-state index contributed by atoms with van der Waals surface area (Å²) in [6.07, 6.45) is 2.35. The third kappa shape index (κ3) is 5.37. The lowest BCUT2D eigenvalue weighted by Crippen LogP contribution is -2.60. The van der Waals surface area contributed by atoms with Crippen LogP contribution in [0.5, 0.6) is 0 Å². The fourth-order valence-corrected chi connectivity index (χ4v) is 15.9. The highest BCUT2D eigenvalue weighted by molar-refractivity contribution is 7.22. The van der Waals surface area contributed by atoms with Gasteiger partial charge in [-0.3, -0.25) is 0 Å². The number of nitrogens with zero attached hydrogens (tertiary/aromatic N) is 2. The standard InChI is InChI=1S/C68H61BN2S/c1-64(2,3)40-25-27-41(28-26-40)71-54-35-49-44(42-21-15-17-23-47(42)67(49,8)9)33-45(54)59-58-43-22-16-18-24-48(43)68(10,11)61(58)60-46-34-50-51(66(6,7)30-29-65(50,4)5)36-53(46)70-55-37-57-39(31-52(55)69(71)62(59)63(60)70)32-56(72-57)38-19-13-12-14-20-38/h12-28,31-37H,29-30H2,1-11H3. The minimum absolute atomic E-state index is 0.0240. The van der Waals surface area contributed by atoms with Gasteiger partial charge in [0.2, 0.25) is 0 Å². The monoisotopic (exact) mass is 948 g/mol. The van der Waals surface area contributed by atoms with Gasteiger partial charge >= 0.3 is 6.85 Å². The topological polar surface area (TPSA) is 8.17 Å². The average molecular weight is 949 g/mol. The Morgan fingerprint density at radius 3 is 1.90 bits per heavy atom. The zero-order valence-electron chi connectivity index (χ0n) is 43.7. The molecule has 10 aromatic rings. The van der Waals surface area contributed by atoms with Crippen LogP contribution in [-0.4, -0.2) is 11.4 Å². The van der Waals surface area contributed by atoms with Crippen LogP contribution >= 0.6 is 11.3 Å². The van der Waals surface area contributed by atoms with E-state index in [0.717, 1.165) is 0 Å². The van der Waals surface area contributed by atoms with Crippen molar-refractivity contribution < 1.29 is 0 Å². The predicted molar refractivity (Wildman–Crippen MR) is 310 cm³/mol. The largest absolute Gasteiger partial charge is 0.376 e. The van der Waals surface area contributed by atoms with Gasteiger partial charge in [-0.05, 0) is 166 Å². The fourth-order valence-electron chi connectivity index (χ4n) is 14.8. The highest BCUT2D eigenvalue weighted by atomic mass is 32.1. The van der Waals surface area contributed by atoms with Gasteiger partial charge < -0.3 is 9.38 Å². The molecule has 4 heterocycles. The molecule has 4 heteroatoms. The quantitative estimate of drug-likeness (QED) is 0.157. The molecular weight excluding hydrogens is 888 g/mol. The number of anilines is 2. The van der Waals surface area contributed by atoms with E-state index in [-0.39, 0.29) is 33.9 Å². The molecule has 15 rings (SSSR count). The van der Waals surface area contributed by atoms with Crippen LogP contribution in [0.4, 0.5) is 11.4 Å². The van der Waals surface area contributed by atoms with Crippen molar-refractivity contribution in [1.82, 2.24) is 4.57 Å². The normalized spacial score (nSPS) is 17.7. The SMILES string of the molecule is CC(C)(C)c1ccc(N2B3c4cc5cc(-c6ccccc6)sc5cc4-n4c5cc6c(cc5c5c7c(c(c3c54)-c3cc4c(cc32)C(C)(C)c2ccccc2-4)-c2ccccc2C7(C)C)C(C)(C)CCC6(C)C)cc1. The smallest absolute Gasteiger partial charge is 0.333 e. The van der Waals surface area contributed by atoms with E-state index in [2.05, 4.69) is 231 Å². The van der Waals surface area contributed by atoms with Crippen molar-refractivity contribution in [2.75, 3.05) is 4.81 Å². The summed E-state index contributed by atoms with van der Waals surface area (Å²) in [6.45, 7) is 26.8. The van der Waals surface area contributed by atoms with Gasteiger partial charge in [-0.15, -0.1) is 11.3 Å². The predicted octanol–water partition coefficient (Wildman–Crippen LogP) is 17.2. The fraction of sp³-hybridized carbons (Fsp3) is 0.265. The average Bonchev–Trinajstić information content (AvgIpc) is 4.06. The first-order chi connectivity index (χ1) is 34.3. The number of benzene rings is 8. The lowest BCUT2D eigenvalue weighted by molar-refractivity contribution is 0.332. The van der Waals surface area contributed by atoms with Crippen LogP contribution in [0.2, 0.25) is 0 Å². The maximum atomic E-state index is 2.79. The maximum Gasteiger partial charge on any atom is 0.333 e. The molecule has 8 aromatic carbocycles. The van der Waals surface area contributed by atoms with Crippen LogP contribution in [-0.2, 0) is 27.1 Å². The third-order valence-corrected chi connectivity index (χ3v) is 19.9. The second-order valence-electron chi connectivity index (χ2n) is 25.5. The van der Waals surface area contributed by atoms with Crippen molar-refractivity contribution in [3.05, 3.63) is 185 Å². The molecule has 3 aliphatic carbocycles. The molecule has 0 saturated heterocycles. The summed E-state index contributed by atoms with van der Waals surface area (Å²) in [5, 5.41) is 4.14. The number of hydrogen-bond donors (Lipinski definition) is 0. The van der Waals surface area contributed by atoms with Crippen molar-refractivity contribution in [3.8, 4) is 49.5 Å². The molecule has 0 N–H and O–H groups in total. The van der Waals surface area contributed by atoms with Gasteiger partial charge in [0.25, 0.3) is 0 Å². The summed E-state index contributed by atoms with van der Waals surface area (Å²) in [6, 6.07) is 57.6. The maximum absolute atomic E-state index is 2.79. The molecular formula is C68H61BN2S. The second-order valence-corrected chi connectivity index (χ2v) is 26.6. The van der Waals surface area contributed by atoms with Gasteiger partial charge in [-0.1, -0.05) is 173 Å². The summed E-state index contributed by atoms with van der Waals surface area (Å²) in [5.41, 5.74) is 28.7. The minimum atomic E-state index is -0.256. The van der Waals surface area contributed by atoms with Crippen molar-refractivity contribution in [2.24, 2.45) is 0 Å². The lowest BCUT2D eigenvalue weighted by atomic mass is 9.43. The van der Waals surface area contributed by atoms with E-state index in [1.54, 1.807) is 0 Å². The van der Waals surface area contributed by atoms with E-state index in [1.807, 2.05) is 11.3 Å². The van der Waals surface area contributed by atoms with Crippen LogP contribution < -0.4 is 15.7 Å². The van der Waals surface area contributed by atoms with E-state index in [0.29, 0.717) is 0 Å². The number of aromatic nitrogens is 1. The highest BCUT2D eigenvalue weighted by Crippen LogP contribution is 2.62. The molecule has 352 valence electrons. The van der Waals surface area contributed by atoms with E-state index < -0.39 is 0 Å². The first-order valence-corrected chi connectivity index (χ1v) is 27.3. The van der Waals surface area contributed by atoms with Crippen molar-refractivity contribution >= 4 is 72.4 Å². The molecule has 0 fully saturated rings. The van der Waals surface area contributed by atoms with Crippen LogP contribution in [0.1, 0.15) is 128 Å². The van der Waals surface area contributed by atoms with Crippen molar-refractivity contribution in [3.63, 3.8) is 0 Å². The number of hydrogen-bond acceptors (Lipinski definition) is 2. The summed E-state index contributed by atoms with van der Waals surface area (Å²) < 4.78 is 4.11. The van der Waals surface area contributed by atoms with Crippen molar-refractivity contribution in [2.45, 2.75) is 116 Å². The molecule has 0 saturated carbocycles. The Hall–Kier alpha value is -6.62. The summed E-state index contributed by atoms with van der Waals surface area (Å²) in [5.74, 6) is 0. The highest BCUT2D eigenvalue weighted by Gasteiger charge is 2.51. The molecule has 0 radical (unpaired) electrons. The Morgan fingerprint density at radius 1 is 0.542 bits per heavy atom. The molecule has 72 heavy (non-hydrogen) atoms. The Labute approximate surface area is 429 Å². The van der Waals surface area contributed by atoms with Crippen LogP contribution in [0.3, 0.4) is 0 Å². The Bertz CT molecular complexity index is 4070. The second kappa shape index (κ2) is 13.7. The Kier molecular flexibility index (Phi) is 8.19. The van der Waals surface area contributed by atoms with Crippen molar-refractivity contribution in [1.29, 1.82) is 0 Å². The van der Waals surface area contributed by atoms with E-state index in [1.165, 1.54) is 155 Å². The van der Waals surface area contributed by atoms with Crippen LogP contribution in [0.15, 0.2) is 146 Å². The molecule has 0 amide bonds. The molecule has 2 aliphatic heterocycles.